The number of benzene rings is 7. The number of hydrogen-bond acceptors (Lipinski definition) is 5. The van der Waals surface area contributed by atoms with Crippen molar-refractivity contribution in [2.45, 2.75) is 12.8 Å². The smallest absolute Gasteiger partial charge is 0.164 e. The average molecular weight is 707 g/mol. The second-order valence-corrected chi connectivity index (χ2v) is 13.8. The summed E-state index contributed by atoms with van der Waals surface area (Å²) in [7, 11) is 0. The van der Waals surface area contributed by atoms with Gasteiger partial charge < -0.3 is 4.42 Å². The van der Waals surface area contributed by atoms with Crippen molar-refractivity contribution < 1.29 is 4.42 Å². The van der Waals surface area contributed by atoms with E-state index in [9.17, 15) is 0 Å². The number of para-hydroxylation sites is 2. The van der Waals surface area contributed by atoms with E-state index in [0.29, 0.717) is 17.5 Å². The zero-order chi connectivity index (χ0) is 36.7. The maximum absolute atomic E-state index is 6.46. The minimum absolute atomic E-state index is 0.0968. The van der Waals surface area contributed by atoms with E-state index in [1.165, 1.54) is 11.1 Å². The highest BCUT2D eigenvalue weighted by atomic mass is 16.3. The highest BCUT2D eigenvalue weighted by Crippen LogP contribution is 2.41. The standard InChI is InChI=1S/C50H34N4O/c1-32(39-23-12-24-42-41-22-8-9-26-45(41)55-47(39)42)35-18-10-19-36(30-35)40-27-28-44-43(25-13-29-51-44)46(40)37-20-11-21-38(31-37)50-53-48(33-14-4-2-5-15-33)52-49(54-50)34-16-6-3-7-17-34/h2-32H,1H3/t32-/m1/s1. The molecule has 0 amide bonds. The third-order valence-electron chi connectivity index (χ3n) is 10.5. The zero-order valence-corrected chi connectivity index (χ0v) is 30.1. The normalized spacial score (nSPS) is 12.0. The molecule has 0 fully saturated rings. The molecule has 10 rings (SSSR count). The first-order valence-electron chi connectivity index (χ1n) is 18.5. The molecule has 0 aliphatic rings. The summed E-state index contributed by atoms with van der Waals surface area (Å²) in [4.78, 5) is 19.7. The van der Waals surface area contributed by atoms with Gasteiger partial charge in [-0.1, -0.05) is 159 Å². The van der Waals surface area contributed by atoms with Crippen LogP contribution in [0.15, 0.2) is 187 Å². The van der Waals surface area contributed by atoms with E-state index in [-0.39, 0.29) is 5.92 Å². The summed E-state index contributed by atoms with van der Waals surface area (Å²) in [6.07, 6.45) is 1.85. The average Bonchev–Trinajstić information content (AvgIpc) is 3.65. The third-order valence-corrected chi connectivity index (χ3v) is 10.5. The molecule has 5 heteroatoms. The zero-order valence-electron chi connectivity index (χ0n) is 30.1. The fourth-order valence-corrected chi connectivity index (χ4v) is 7.72. The van der Waals surface area contributed by atoms with Crippen LogP contribution in [0.5, 0.6) is 0 Å². The number of hydrogen-bond donors (Lipinski definition) is 0. The maximum Gasteiger partial charge on any atom is 0.164 e. The van der Waals surface area contributed by atoms with Crippen molar-refractivity contribution in [3.63, 3.8) is 0 Å². The van der Waals surface area contributed by atoms with Gasteiger partial charge in [-0.05, 0) is 52.1 Å². The molecule has 0 bridgehead atoms. The monoisotopic (exact) mass is 706 g/mol. The molecule has 0 N–H and O–H groups in total. The molecule has 10 aromatic rings. The Hall–Kier alpha value is -7.24. The van der Waals surface area contributed by atoms with Crippen molar-refractivity contribution in [2.75, 3.05) is 0 Å². The van der Waals surface area contributed by atoms with Crippen molar-refractivity contribution in [3.8, 4) is 56.4 Å². The fourth-order valence-electron chi connectivity index (χ4n) is 7.72. The molecule has 0 saturated heterocycles. The molecule has 0 unspecified atom stereocenters. The Balaban J connectivity index is 1.11. The van der Waals surface area contributed by atoms with Gasteiger partial charge in [-0.25, -0.2) is 15.0 Å². The number of fused-ring (bicyclic) bond motifs is 4. The molecule has 260 valence electrons. The third kappa shape index (κ3) is 5.92. The maximum atomic E-state index is 6.46. The van der Waals surface area contributed by atoms with E-state index in [4.69, 9.17) is 24.4 Å². The van der Waals surface area contributed by atoms with E-state index >= 15 is 0 Å². The van der Waals surface area contributed by atoms with Crippen LogP contribution in [0.25, 0.3) is 89.3 Å². The van der Waals surface area contributed by atoms with Crippen LogP contribution < -0.4 is 0 Å². The lowest BCUT2D eigenvalue weighted by atomic mass is 9.87. The summed E-state index contributed by atoms with van der Waals surface area (Å²) in [5.74, 6) is 1.98. The molecule has 7 aromatic carbocycles. The van der Waals surface area contributed by atoms with Gasteiger partial charge in [-0.15, -0.1) is 0 Å². The van der Waals surface area contributed by atoms with Crippen LogP contribution in [-0.2, 0) is 0 Å². The first-order valence-corrected chi connectivity index (χ1v) is 18.5. The predicted molar refractivity (Wildman–Crippen MR) is 224 cm³/mol. The van der Waals surface area contributed by atoms with E-state index < -0.39 is 0 Å². The lowest BCUT2D eigenvalue weighted by molar-refractivity contribution is 0.659. The summed E-state index contributed by atoms with van der Waals surface area (Å²) in [5, 5.41) is 3.36. The quantitative estimate of drug-likeness (QED) is 0.165. The van der Waals surface area contributed by atoms with Crippen LogP contribution in [0.3, 0.4) is 0 Å². The van der Waals surface area contributed by atoms with Crippen molar-refractivity contribution >= 4 is 32.8 Å². The second kappa shape index (κ2) is 13.6. The summed E-state index contributed by atoms with van der Waals surface area (Å²) in [5.41, 5.74) is 12.4. The molecule has 0 saturated carbocycles. The Morgan fingerprint density at radius 3 is 1.84 bits per heavy atom. The first kappa shape index (κ1) is 32.4. The van der Waals surface area contributed by atoms with Gasteiger partial charge in [-0.3, -0.25) is 4.98 Å². The highest BCUT2D eigenvalue weighted by molar-refractivity contribution is 6.06. The van der Waals surface area contributed by atoms with E-state index in [1.54, 1.807) is 0 Å². The summed E-state index contributed by atoms with van der Waals surface area (Å²) in [6, 6.07) is 60.8. The lowest BCUT2D eigenvalue weighted by Crippen LogP contribution is -2.00. The molecule has 3 heterocycles. The molecule has 0 radical (unpaired) electrons. The van der Waals surface area contributed by atoms with E-state index in [1.807, 2.05) is 85.1 Å². The van der Waals surface area contributed by atoms with Crippen molar-refractivity contribution in [2.24, 2.45) is 0 Å². The Labute approximate surface area is 318 Å². The van der Waals surface area contributed by atoms with Gasteiger partial charge in [0.2, 0.25) is 0 Å². The molecule has 3 aromatic heterocycles. The Kier molecular flexibility index (Phi) is 8.03. The molecular weight excluding hydrogens is 673 g/mol. The van der Waals surface area contributed by atoms with Crippen molar-refractivity contribution in [3.05, 3.63) is 193 Å². The molecule has 55 heavy (non-hydrogen) atoms. The molecular formula is C50H34N4O. The van der Waals surface area contributed by atoms with E-state index in [2.05, 4.69) is 104 Å². The first-order chi connectivity index (χ1) is 27.2. The Morgan fingerprint density at radius 2 is 1.05 bits per heavy atom. The summed E-state index contributed by atoms with van der Waals surface area (Å²) in [6.45, 7) is 2.26. The number of rotatable bonds is 7. The van der Waals surface area contributed by atoms with Crippen LogP contribution in [0.4, 0.5) is 0 Å². The van der Waals surface area contributed by atoms with Crippen LogP contribution in [0.1, 0.15) is 24.0 Å². The highest BCUT2D eigenvalue weighted by Gasteiger charge is 2.20. The molecule has 0 aliphatic heterocycles. The van der Waals surface area contributed by atoms with Crippen LogP contribution >= 0.6 is 0 Å². The number of aromatic nitrogens is 4. The number of nitrogens with zero attached hydrogens (tertiary/aromatic N) is 4. The summed E-state index contributed by atoms with van der Waals surface area (Å²) < 4.78 is 6.46. The van der Waals surface area contributed by atoms with Gasteiger partial charge in [0, 0.05) is 50.5 Å². The van der Waals surface area contributed by atoms with Gasteiger partial charge in [0.25, 0.3) is 0 Å². The van der Waals surface area contributed by atoms with E-state index in [0.717, 1.165) is 71.8 Å². The van der Waals surface area contributed by atoms with Gasteiger partial charge in [-0.2, -0.15) is 0 Å². The predicted octanol–water partition coefficient (Wildman–Crippen LogP) is 12.8. The van der Waals surface area contributed by atoms with Crippen LogP contribution in [0.2, 0.25) is 0 Å². The largest absolute Gasteiger partial charge is 0.456 e. The molecule has 0 spiro atoms. The Bertz CT molecular complexity index is 2950. The van der Waals surface area contributed by atoms with Crippen molar-refractivity contribution in [1.82, 2.24) is 19.9 Å². The van der Waals surface area contributed by atoms with Gasteiger partial charge in [0.05, 0.1) is 5.52 Å². The minimum Gasteiger partial charge on any atom is -0.456 e. The number of pyridine rings is 1. The molecule has 5 nitrogen and oxygen atoms in total. The Morgan fingerprint density at radius 1 is 0.455 bits per heavy atom. The fraction of sp³-hybridized carbons (Fsp3) is 0.0400. The van der Waals surface area contributed by atoms with Crippen LogP contribution in [-0.4, -0.2) is 19.9 Å². The SMILES string of the molecule is C[C@H](c1cccc(-c2ccc3ncccc3c2-c2cccc(-c3nc(-c4ccccc4)nc(-c4ccccc4)n3)c2)c1)c1cccc2c1oc1ccccc12. The van der Waals surface area contributed by atoms with Gasteiger partial charge in [0.1, 0.15) is 11.2 Å². The van der Waals surface area contributed by atoms with Gasteiger partial charge >= 0.3 is 0 Å². The number of furan rings is 1. The molecule has 0 aliphatic carbocycles. The molecule has 1 atom stereocenters. The van der Waals surface area contributed by atoms with Gasteiger partial charge in [0.15, 0.2) is 17.5 Å². The summed E-state index contributed by atoms with van der Waals surface area (Å²) >= 11 is 0. The second-order valence-electron chi connectivity index (χ2n) is 13.8. The lowest BCUT2D eigenvalue weighted by Gasteiger charge is -2.17. The van der Waals surface area contributed by atoms with Crippen LogP contribution in [0, 0.1) is 0 Å². The minimum atomic E-state index is 0.0968. The topological polar surface area (TPSA) is 64.7 Å². The van der Waals surface area contributed by atoms with Crippen molar-refractivity contribution in [1.29, 1.82) is 0 Å².